The van der Waals surface area contributed by atoms with Crippen LogP contribution in [0, 0.1) is 11.8 Å². The number of ketones is 2. The van der Waals surface area contributed by atoms with Crippen molar-refractivity contribution < 1.29 is 14.4 Å². The quantitative estimate of drug-likeness (QED) is 0.349. The largest absolute Gasteiger partial charge is 0.353 e. The van der Waals surface area contributed by atoms with Crippen LogP contribution >= 0.6 is 11.3 Å². The topological polar surface area (TPSA) is 79.4 Å². The summed E-state index contributed by atoms with van der Waals surface area (Å²) in [6, 6.07) is 6.14. The molecule has 0 aliphatic carbocycles. The van der Waals surface area contributed by atoms with E-state index in [1.54, 1.807) is 17.4 Å². The molecule has 0 saturated carbocycles. The highest BCUT2D eigenvalue weighted by atomic mass is 32.1. The molecule has 3 atom stereocenters. The second-order valence-electron chi connectivity index (χ2n) is 9.74. The van der Waals surface area contributed by atoms with Gasteiger partial charge in [-0.05, 0) is 63.6 Å². The molecule has 7 heteroatoms. The monoisotopic (exact) mass is 499 g/mol. The highest BCUT2D eigenvalue weighted by Gasteiger charge is 2.27. The highest BCUT2D eigenvalue weighted by Crippen LogP contribution is 2.26. The first kappa shape index (κ1) is 28.9. The molecule has 1 aromatic carbocycles. The van der Waals surface area contributed by atoms with Crippen LogP contribution in [-0.4, -0.2) is 54.0 Å². The number of benzene rings is 1. The van der Waals surface area contributed by atoms with E-state index in [1.165, 1.54) is 12.5 Å². The van der Waals surface area contributed by atoms with Crippen molar-refractivity contribution in [1.29, 1.82) is 0 Å². The van der Waals surface area contributed by atoms with Crippen molar-refractivity contribution in [3.8, 4) is 0 Å². The molecule has 0 spiro atoms. The number of carbonyl (C=O) groups is 3. The van der Waals surface area contributed by atoms with Crippen molar-refractivity contribution in [2.24, 2.45) is 11.8 Å². The van der Waals surface area contributed by atoms with Gasteiger partial charge >= 0.3 is 0 Å². The number of hydrogen-bond donors (Lipinski definition) is 1. The average Bonchev–Trinajstić information content (AvgIpc) is 3.21. The van der Waals surface area contributed by atoms with Gasteiger partial charge in [-0.3, -0.25) is 9.59 Å². The second kappa shape index (κ2) is 14.2. The zero-order chi connectivity index (χ0) is 26.0. The molecular weight excluding hydrogens is 458 g/mol. The van der Waals surface area contributed by atoms with Crippen LogP contribution in [0.4, 0.5) is 0 Å². The van der Waals surface area contributed by atoms with Crippen molar-refractivity contribution in [2.45, 2.75) is 72.3 Å². The summed E-state index contributed by atoms with van der Waals surface area (Å²) in [4.78, 5) is 44.3. The molecular formula is C28H41N3O3S. The Kier molecular flexibility index (Phi) is 11.7. The molecule has 0 radical (unpaired) electrons. The van der Waals surface area contributed by atoms with Gasteiger partial charge in [0.25, 0.3) is 0 Å². The summed E-state index contributed by atoms with van der Waals surface area (Å²) in [6.07, 6.45) is 6.93. The first-order valence-corrected chi connectivity index (χ1v) is 13.5. The van der Waals surface area contributed by atoms with Gasteiger partial charge in [0.05, 0.1) is 21.1 Å². The van der Waals surface area contributed by atoms with Crippen LogP contribution in [0.25, 0.3) is 10.2 Å². The van der Waals surface area contributed by atoms with Gasteiger partial charge in [-0.25, -0.2) is 4.98 Å². The summed E-state index contributed by atoms with van der Waals surface area (Å²) in [5, 5.41) is 4.05. The maximum atomic E-state index is 13.3. The number of likely N-dealkylation sites (N-methyl/N-ethyl adjacent to an activating group) is 1. The van der Waals surface area contributed by atoms with E-state index in [2.05, 4.69) is 38.2 Å². The van der Waals surface area contributed by atoms with Gasteiger partial charge in [-0.2, -0.15) is 0 Å². The molecule has 0 aliphatic heterocycles. The lowest BCUT2D eigenvalue weighted by atomic mass is 9.92. The fourth-order valence-electron chi connectivity index (χ4n) is 4.00. The number of thiazole rings is 1. The number of Topliss-reactive ketones (excluding diaryl/α,β-unsaturated/α-hetero) is 1. The van der Waals surface area contributed by atoms with E-state index in [9.17, 15) is 14.4 Å². The first-order chi connectivity index (χ1) is 16.6. The van der Waals surface area contributed by atoms with Crippen LogP contribution < -0.4 is 5.32 Å². The Hall–Kier alpha value is -2.38. The van der Waals surface area contributed by atoms with Gasteiger partial charge in [0.1, 0.15) is 5.78 Å². The molecule has 6 nitrogen and oxygen atoms in total. The van der Waals surface area contributed by atoms with Crippen LogP contribution in [0.2, 0.25) is 0 Å². The SMILES string of the molecule is CCc1ccc2nc(C[C@H](CC(C)=O)C(=O)N[C@H](CCC(=O)/C=C/CN(C)C)[C@@H](C)CC)sc2c1. The number of nitrogens with one attached hydrogen (secondary N) is 1. The standard InChI is InChI=1S/C28H41N3O3S/c1-7-19(3)24(14-12-23(33)10-9-15-31(5)6)30-28(34)22(16-20(4)32)18-27-29-25-13-11-21(8-2)17-26(25)35-27/h9-11,13,17,19,22,24H,7-8,12,14-16,18H2,1-6H3,(H,30,34)/b10-9+/t19-,22-,24+/m0/s1. The lowest BCUT2D eigenvalue weighted by Crippen LogP contribution is -2.43. The molecule has 35 heavy (non-hydrogen) atoms. The number of fused-ring (bicyclic) bond motifs is 1. The van der Waals surface area contributed by atoms with Gasteiger partial charge in [0, 0.05) is 31.8 Å². The van der Waals surface area contributed by atoms with E-state index in [0.29, 0.717) is 19.3 Å². The van der Waals surface area contributed by atoms with E-state index in [4.69, 9.17) is 4.98 Å². The van der Waals surface area contributed by atoms with Gasteiger partial charge in [-0.15, -0.1) is 11.3 Å². The van der Waals surface area contributed by atoms with E-state index in [0.717, 1.165) is 34.6 Å². The van der Waals surface area contributed by atoms with Crippen LogP contribution in [0.5, 0.6) is 0 Å². The number of aryl methyl sites for hydroxylation is 1. The summed E-state index contributed by atoms with van der Waals surface area (Å²) < 4.78 is 1.11. The predicted molar refractivity (Wildman–Crippen MR) is 145 cm³/mol. The van der Waals surface area contributed by atoms with E-state index in [1.807, 2.05) is 31.1 Å². The smallest absolute Gasteiger partial charge is 0.224 e. The Morgan fingerprint density at radius 2 is 1.94 bits per heavy atom. The Bertz CT molecular complexity index is 1030. The minimum atomic E-state index is -0.471. The third kappa shape index (κ3) is 9.65. The Balaban J connectivity index is 2.10. The normalized spacial score (nSPS) is 14.4. The summed E-state index contributed by atoms with van der Waals surface area (Å²) >= 11 is 1.59. The molecule has 0 fully saturated rings. The lowest BCUT2D eigenvalue weighted by molar-refractivity contribution is -0.129. The van der Waals surface area contributed by atoms with E-state index >= 15 is 0 Å². The van der Waals surface area contributed by atoms with Crippen LogP contribution in [0.3, 0.4) is 0 Å². The number of nitrogens with zero attached hydrogens (tertiary/aromatic N) is 2. The molecule has 1 amide bonds. The molecule has 1 heterocycles. The molecule has 2 aromatic rings. The first-order valence-electron chi connectivity index (χ1n) is 12.6. The lowest BCUT2D eigenvalue weighted by Gasteiger charge is -2.26. The summed E-state index contributed by atoms with van der Waals surface area (Å²) in [6.45, 7) is 8.54. The van der Waals surface area contributed by atoms with Crippen LogP contribution in [-0.2, 0) is 27.2 Å². The highest BCUT2D eigenvalue weighted by molar-refractivity contribution is 7.18. The minimum absolute atomic E-state index is 0.0131. The maximum absolute atomic E-state index is 13.3. The number of aromatic nitrogens is 1. The average molecular weight is 500 g/mol. The zero-order valence-corrected chi connectivity index (χ0v) is 22.9. The fourth-order valence-corrected chi connectivity index (χ4v) is 5.11. The Labute approximate surface area is 214 Å². The predicted octanol–water partition coefficient (Wildman–Crippen LogP) is 4.99. The van der Waals surface area contributed by atoms with Gasteiger partial charge in [0.15, 0.2) is 5.78 Å². The van der Waals surface area contributed by atoms with Crippen molar-refractivity contribution in [2.75, 3.05) is 20.6 Å². The number of allylic oxidation sites excluding steroid dienone is 1. The number of hydrogen-bond acceptors (Lipinski definition) is 6. The summed E-state index contributed by atoms with van der Waals surface area (Å²) in [5.41, 5.74) is 2.19. The number of rotatable bonds is 15. The van der Waals surface area contributed by atoms with Crippen LogP contribution in [0.15, 0.2) is 30.4 Å². The fraction of sp³-hybridized carbons (Fsp3) is 0.571. The number of carbonyl (C=O) groups excluding carboxylic acids is 3. The van der Waals surface area contributed by atoms with Gasteiger partial charge in [0.2, 0.25) is 5.91 Å². The Morgan fingerprint density at radius 1 is 1.20 bits per heavy atom. The third-order valence-corrected chi connectivity index (χ3v) is 7.41. The molecule has 0 unspecified atom stereocenters. The zero-order valence-electron chi connectivity index (χ0n) is 22.1. The molecule has 2 rings (SSSR count). The molecule has 1 aromatic heterocycles. The van der Waals surface area contributed by atoms with Crippen molar-refractivity contribution in [1.82, 2.24) is 15.2 Å². The molecule has 0 bridgehead atoms. The van der Waals surface area contributed by atoms with Crippen molar-refractivity contribution in [3.05, 3.63) is 40.9 Å². The van der Waals surface area contributed by atoms with E-state index in [-0.39, 0.29) is 35.9 Å². The minimum Gasteiger partial charge on any atom is -0.353 e. The van der Waals surface area contributed by atoms with E-state index < -0.39 is 5.92 Å². The molecule has 1 N–H and O–H groups in total. The second-order valence-corrected chi connectivity index (χ2v) is 10.9. The number of amides is 1. The summed E-state index contributed by atoms with van der Waals surface area (Å²) in [5.74, 6) is -0.322. The van der Waals surface area contributed by atoms with Crippen molar-refractivity contribution >= 4 is 39.0 Å². The van der Waals surface area contributed by atoms with Crippen LogP contribution in [0.1, 0.15) is 63.9 Å². The van der Waals surface area contributed by atoms with Gasteiger partial charge < -0.3 is 15.0 Å². The van der Waals surface area contributed by atoms with Gasteiger partial charge in [-0.1, -0.05) is 39.3 Å². The molecule has 0 aliphatic rings. The summed E-state index contributed by atoms with van der Waals surface area (Å²) in [7, 11) is 3.91. The molecule has 192 valence electrons. The molecule has 0 saturated heterocycles. The van der Waals surface area contributed by atoms with Crippen molar-refractivity contribution in [3.63, 3.8) is 0 Å². The third-order valence-electron chi connectivity index (χ3n) is 6.37. The maximum Gasteiger partial charge on any atom is 0.224 e. The Morgan fingerprint density at radius 3 is 2.57 bits per heavy atom.